The Kier molecular flexibility index (Phi) is 5.49. The molecule has 3 rings (SSSR count). The molecule has 3 aromatic rings. The van der Waals surface area contributed by atoms with Crippen molar-refractivity contribution in [3.8, 4) is 5.75 Å². The smallest absolute Gasteiger partial charge is 0.292 e. The largest absolute Gasteiger partial charge is 0.507 e. The van der Waals surface area contributed by atoms with Gasteiger partial charge in [-0.05, 0) is 37.6 Å². The molecule has 0 saturated heterocycles. The first-order valence-electron chi connectivity index (χ1n) is 8.81. The first-order valence-corrected chi connectivity index (χ1v) is 8.81. The number of halogens is 1. The van der Waals surface area contributed by atoms with Crippen LogP contribution in [0.1, 0.15) is 36.3 Å². The second-order valence-corrected chi connectivity index (χ2v) is 6.03. The zero-order chi connectivity index (χ0) is 20.3. The fourth-order valence-corrected chi connectivity index (χ4v) is 2.86. The van der Waals surface area contributed by atoms with Crippen molar-refractivity contribution < 1.29 is 14.3 Å². The molecule has 0 fully saturated rings. The van der Waals surface area contributed by atoms with Crippen molar-refractivity contribution in [1.82, 2.24) is 15.2 Å². The van der Waals surface area contributed by atoms with Crippen LogP contribution in [0.3, 0.4) is 0 Å². The summed E-state index contributed by atoms with van der Waals surface area (Å²) >= 11 is 0. The lowest BCUT2D eigenvalue weighted by Crippen LogP contribution is -2.29. The molecule has 2 N–H and O–H groups in total. The van der Waals surface area contributed by atoms with Crippen LogP contribution in [0.5, 0.6) is 5.75 Å². The van der Waals surface area contributed by atoms with E-state index in [1.54, 1.807) is 38.1 Å². The Balaban J connectivity index is 2.01. The predicted octanol–water partition coefficient (Wildman–Crippen LogP) is 2.81. The molecule has 0 unspecified atom stereocenters. The maximum Gasteiger partial charge on any atom is 0.292 e. The van der Waals surface area contributed by atoms with Crippen LogP contribution in [0.2, 0.25) is 0 Å². The Morgan fingerprint density at radius 3 is 2.61 bits per heavy atom. The number of hydrogen-bond donors (Lipinski definition) is 2. The normalized spacial score (nSPS) is 11.6. The Morgan fingerprint density at radius 1 is 1.21 bits per heavy atom. The van der Waals surface area contributed by atoms with E-state index in [0.717, 1.165) is 12.1 Å². The number of hydrogen-bond acceptors (Lipinski definition) is 5. The third-order valence-corrected chi connectivity index (χ3v) is 4.28. The van der Waals surface area contributed by atoms with E-state index in [2.05, 4.69) is 15.6 Å². The molecule has 0 aliphatic rings. The van der Waals surface area contributed by atoms with Gasteiger partial charge in [-0.3, -0.25) is 9.59 Å². The standard InChI is InChI=1S/C20H19FN4O3/c1-3-16(15-11-12(21)9-10-17(15)26)22-23-19(27)18-13-7-5-6-8-14(13)20(28)25(4-2)24-18/h5-11,26H,3-4H2,1-2H3,(H,23,27)/b22-16+. The minimum Gasteiger partial charge on any atom is -0.507 e. The van der Waals surface area contributed by atoms with E-state index in [9.17, 15) is 19.1 Å². The van der Waals surface area contributed by atoms with Gasteiger partial charge >= 0.3 is 0 Å². The molecule has 0 spiro atoms. The summed E-state index contributed by atoms with van der Waals surface area (Å²) < 4.78 is 14.7. The Labute approximate surface area is 160 Å². The van der Waals surface area contributed by atoms with Crippen molar-refractivity contribution in [2.45, 2.75) is 26.8 Å². The van der Waals surface area contributed by atoms with Gasteiger partial charge in [0.25, 0.3) is 11.5 Å². The first-order chi connectivity index (χ1) is 13.5. The molecule has 0 atom stereocenters. The van der Waals surface area contributed by atoms with E-state index >= 15 is 0 Å². The zero-order valence-electron chi connectivity index (χ0n) is 15.4. The predicted molar refractivity (Wildman–Crippen MR) is 104 cm³/mol. The summed E-state index contributed by atoms with van der Waals surface area (Å²) in [6.07, 6.45) is 0.347. The molecule has 144 valence electrons. The molecule has 0 aliphatic carbocycles. The number of aromatic hydroxyl groups is 1. The van der Waals surface area contributed by atoms with Gasteiger partial charge in [0.15, 0.2) is 5.69 Å². The minimum atomic E-state index is -0.611. The maximum absolute atomic E-state index is 13.5. The van der Waals surface area contributed by atoms with Crippen LogP contribution >= 0.6 is 0 Å². The van der Waals surface area contributed by atoms with E-state index in [1.807, 2.05) is 0 Å². The number of hydrazone groups is 1. The van der Waals surface area contributed by atoms with Crippen LogP contribution in [-0.4, -0.2) is 26.5 Å². The quantitative estimate of drug-likeness (QED) is 0.524. The number of amides is 1. The number of carbonyl (C=O) groups is 1. The lowest BCUT2D eigenvalue weighted by molar-refractivity contribution is 0.0949. The fourth-order valence-electron chi connectivity index (χ4n) is 2.86. The second kappa shape index (κ2) is 7.99. The number of aromatic nitrogens is 2. The number of aryl methyl sites for hydroxylation is 1. The molecule has 1 heterocycles. The third kappa shape index (κ3) is 3.62. The van der Waals surface area contributed by atoms with Gasteiger partial charge in [-0.1, -0.05) is 25.1 Å². The fraction of sp³-hybridized carbons (Fsp3) is 0.200. The SMILES string of the molecule is CC/C(=N\NC(=O)c1nn(CC)c(=O)c2ccccc12)c1cc(F)ccc1O. The highest BCUT2D eigenvalue weighted by atomic mass is 19.1. The highest BCUT2D eigenvalue weighted by Crippen LogP contribution is 2.20. The first kappa shape index (κ1) is 19.2. The average molecular weight is 382 g/mol. The molecule has 0 radical (unpaired) electrons. The van der Waals surface area contributed by atoms with Gasteiger partial charge in [0, 0.05) is 17.5 Å². The van der Waals surface area contributed by atoms with Crippen LogP contribution in [0.15, 0.2) is 52.4 Å². The number of phenolic OH excluding ortho intramolecular Hbond substituents is 1. The van der Waals surface area contributed by atoms with Crippen molar-refractivity contribution in [2.24, 2.45) is 5.10 Å². The van der Waals surface area contributed by atoms with Crippen LogP contribution in [0.4, 0.5) is 4.39 Å². The zero-order valence-corrected chi connectivity index (χ0v) is 15.4. The number of phenols is 1. The van der Waals surface area contributed by atoms with E-state index in [4.69, 9.17) is 0 Å². The molecule has 2 aromatic carbocycles. The molecule has 28 heavy (non-hydrogen) atoms. The summed E-state index contributed by atoms with van der Waals surface area (Å²) in [6.45, 7) is 3.83. The second-order valence-electron chi connectivity index (χ2n) is 6.03. The molecule has 0 aliphatic heterocycles. The summed E-state index contributed by atoms with van der Waals surface area (Å²) in [5.41, 5.74) is 2.67. The molecular formula is C20H19FN4O3. The molecular weight excluding hydrogens is 363 g/mol. The molecule has 1 aromatic heterocycles. The van der Waals surface area contributed by atoms with E-state index in [-0.39, 0.29) is 22.6 Å². The Morgan fingerprint density at radius 2 is 1.93 bits per heavy atom. The molecule has 0 bridgehead atoms. The monoisotopic (exact) mass is 382 g/mol. The van der Waals surface area contributed by atoms with E-state index in [1.165, 1.54) is 10.7 Å². The molecule has 1 amide bonds. The van der Waals surface area contributed by atoms with Crippen molar-refractivity contribution in [3.63, 3.8) is 0 Å². The number of nitrogens with zero attached hydrogens (tertiary/aromatic N) is 3. The van der Waals surface area contributed by atoms with Crippen LogP contribution in [0, 0.1) is 5.82 Å². The van der Waals surface area contributed by atoms with Crippen molar-refractivity contribution in [3.05, 3.63) is 69.9 Å². The number of rotatable bonds is 5. The van der Waals surface area contributed by atoms with Gasteiger partial charge in [0.1, 0.15) is 11.6 Å². The van der Waals surface area contributed by atoms with Crippen LogP contribution < -0.4 is 11.0 Å². The molecule has 0 saturated carbocycles. The van der Waals surface area contributed by atoms with Crippen molar-refractivity contribution in [1.29, 1.82) is 0 Å². The Bertz CT molecular complexity index is 1140. The summed E-state index contributed by atoms with van der Waals surface area (Å²) in [6, 6.07) is 10.2. The summed E-state index contributed by atoms with van der Waals surface area (Å²) in [7, 11) is 0. The summed E-state index contributed by atoms with van der Waals surface area (Å²) in [4.78, 5) is 25.1. The van der Waals surface area contributed by atoms with Gasteiger partial charge in [-0.2, -0.15) is 10.2 Å². The number of fused-ring (bicyclic) bond motifs is 1. The van der Waals surface area contributed by atoms with Gasteiger partial charge in [-0.25, -0.2) is 14.5 Å². The van der Waals surface area contributed by atoms with Crippen LogP contribution in [-0.2, 0) is 6.54 Å². The van der Waals surface area contributed by atoms with Crippen molar-refractivity contribution >= 4 is 22.4 Å². The number of nitrogens with one attached hydrogen (secondary N) is 1. The lowest BCUT2D eigenvalue weighted by Gasteiger charge is -2.10. The molecule has 7 nitrogen and oxygen atoms in total. The molecule has 8 heteroatoms. The number of carbonyl (C=O) groups excluding carboxylic acids is 1. The van der Waals surface area contributed by atoms with Gasteiger partial charge < -0.3 is 5.11 Å². The summed E-state index contributed by atoms with van der Waals surface area (Å²) in [5.74, 6) is -1.28. The Hall–Kier alpha value is -3.55. The van der Waals surface area contributed by atoms with Gasteiger partial charge in [0.05, 0.1) is 11.1 Å². The highest BCUT2D eigenvalue weighted by Gasteiger charge is 2.17. The number of benzene rings is 2. The van der Waals surface area contributed by atoms with Crippen molar-refractivity contribution in [2.75, 3.05) is 0 Å². The highest BCUT2D eigenvalue weighted by molar-refractivity contribution is 6.07. The average Bonchev–Trinajstić information content (AvgIpc) is 2.71. The maximum atomic E-state index is 13.5. The van der Waals surface area contributed by atoms with Gasteiger partial charge in [-0.15, -0.1) is 0 Å². The summed E-state index contributed by atoms with van der Waals surface area (Å²) in [5, 5.41) is 18.9. The lowest BCUT2D eigenvalue weighted by atomic mass is 10.1. The minimum absolute atomic E-state index is 0.0553. The topological polar surface area (TPSA) is 96.6 Å². The van der Waals surface area contributed by atoms with E-state index in [0.29, 0.717) is 29.4 Å². The van der Waals surface area contributed by atoms with Gasteiger partial charge in [0.2, 0.25) is 0 Å². The third-order valence-electron chi connectivity index (χ3n) is 4.28. The van der Waals surface area contributed by atoms with Crippen LogP contribution in [0.25, 0.3) is 10.8 Å². The van der Waals surface area contributed by atoms with E-state index < -0.39 is 11.7 Å².